The second-order valence-corrected chi connectivity index (χ2v) is 7.88. The summed E-state index contributed by atoms with van der Waals surface area (Å²) in [4.78, 5) is 0. The first-order valence-corrected chi connectivity index (χ1v) is 8.94. The fraction of sp³-hybridized carbons (Fsp3) is 0.600. The lowest BCUT2D eigenvalue weighted by molar-refractivity contribution is 0.0300. The van der Waals surface area contributed by atoms with Crippen LogP contribution in [-0.2, 0) is 21.0 Å². The van der Waals surface area contributed by atoms with E-state index < -0.39 is 15.1 Å². The highest BCUT2D eigenvalue weighted by molar-refractivity contribution is 7.91. The van der Waals surface area contributed by atoms with Crippen molar-refractivity contribution in [1.29, 1.82) is 0 Å². The summed E-state index contributed by atoms with van der Waals surface area (Å²) in [7, 11) is -1.25. The van der Waals surface area contributed by atoms with Crippen LogP contribution in [0.5, 0.6) is 0 Å². The van der Waals surface area contributed by atoms with Crippen LogP contribution in [0.15, 0.2) is 24.3 Å². The molecule has 1 heterocycles. The van der Waals surface area contributed by atoms with E-state index in [0.717, 1.165) is 6.42 Å². The largest absolute Gasteiger partial charge is 0.373 e. The molecule has 0 radical (unpaired) electrons. The Morgan fingerprint density at radius 3 is 2.75 bits per heavy atom. The molecule has 1 aliphatic heterocycles. The number of sulfone groups is 1. The molecule has 5 heteroatoms. The third-order valence-corrected chi connectivity index (χ3v) is 5.85. The lowest BCUT2D eigenvalue weighted by atomic mass is 9.93. The molecule has 0 saturated heterocycles. The number of hydrogen-bond donors (Lipinski definition) is 1. The monoisotopic (exact) mass is 297 g/mol. The smallest absolute Gasteiger partial charge is 0.151 e. The molecule has 3 unspecified atom stereocenters. The van der Waals surface area contributed by atoms with E-state index in [1.54, 1.807) is 14.0 Å². The van der Waals surface area contributed by atoms with Crippen molar-refractivity contribution in [3.63, 3.8) is 0 Å². The zero-order valence-corrected chi connectivity index (χ0v) is 13.1. The average molecular weight is 297 g/mol. The number of benzene rings is 1. The van der Waals surface area contributed by atoms with Crippen LogP contribution in [0, 0.1) is 0 Å². The van der Waals surface area contributed by atoms with Gasteiger partial charge in [0.1, 0.15) is 0 Å². The predicted molar refractivity (Wildman–Crippen MR) is 80.6 cm³/mol. The number of ether oxygens (including phenoxy) is 1. The zero-order chi connectivity index (χ0) is 14.8. The van der Waals surface area contributed by atoms with Gasteiger partial charge in [0, 0.05) is 12.3 Å². The van der Waals surface area contributed by atoms with Crippen molar-refractivity contribution in [3.05, 3.63) is 35.4 Å². The van der Waals surface area contributed by atoms with E-state index in [0.29, 0.717) is 13.0 Å². The molecule has 1 aromatic carbocycles. The molecule has 1 aromatic rings. The van der Waals surface area contributed by atoms with Gasteiger partial charge < -0.3 is 10.1 Å². The normalized spacial score (nSPS) is 22.1. The average Bonchev–Trinajstić information content (AvgIpc) is 2.43. The highest BCUT2D eigenvalue weighted by atomic mass is 32.2. The van der Waals surface area contributed by atoms with E-state index in [1.165, 1.54) is 17.4 Å². The fourth-order valence-electron chi connectivity index (χ4n) is 2.75. The molecule has 112 valence electrons. The molecule has 2 rings (SSSR count). The number of rotatable bonds is 5. The van der Waals surface area contributed by atoms with Crippen LogP contribution in [0.2, 0.25) is 0 Å². The van der Waals surface area contributed by atoms with Gasteiger partial charge in [-0.3, -0.25) is 0 Å². The second-order valence-electron chi connectivity index (χ2n) is 5.47. The molecule has 0 bridgehead atoms. The molecule has 0 saturated carbocycles. The summed E-state index contributed by atoms with van der Waals surface area (Å²) in [5.41, 5.74) is 2.50. The first kappa shape index (κ1) is 15.5. The first-order valence-electron chi connectivity index (χ1n) is 6.99. The van der Waals surface area contributed by atoms with Crippen LogP contribution >= 0.6 is 0 Å². The second kappa shape index (κ2) is 6.24. The topological polar surface area (TPSA) is 55.4 Å². The van der Waals surface area contributed by atoms with Crippen molar-refractivity contribution in [2.24, 2.45) is 0 Å². The Kier molecular flexibility index (Phi) is 4.83. The van der Waals surface area contributed by atoms with E-state index >= 15 is 0 Å². The minimum absolute atomic E-state index is 0.0263. The molecule has 0 aromatic heterocycles. The van der Waals surface area contributed by atoms with Gasteiger partial charge in [-0.15, -0.1) is 0 Å². The summed E-state index contributed by atoms with van der Waals surface area (Å²) in [6.07, 6.45) is 2.86. The minimum atomic E-state index is -3.06. The standard InChI is InChI=1S/C15H23NO3S/c1-11(20(3,17)18)14(16-2)10-15-13-7-5-4-6-12(13)8-9-19-15/h4-7,11,14-16H,8-10H2,1-3H3. The van der Waals surface area contributed by atoms with Crippen molar-refractivity contribution in [3.8, 4) is 0 Å². The van der Waals surface area contributed by atoms with Gasteiger partial charge in [0.15, 0.2) is 9.84 Å². The SMILES string of the molecule is CNC(CC1OCCc2ccccc21)C(C)S(C)(=O)=O. The maximum Gasteiger partial charge on any atom is 0.151 e. The molecule has 0 amide bonds. The van der Waals surface area contributed by atoms with Crippen molar-refractivity contribution in [2.75, 3.05) is 19.9 Å². The van der Waals surface area contributed by atoms with E-state index in [1.807, 2.05) is 12.1 Å². The lowest BCUT2D eigenvalue weighted by Crippen LogP contribution is -2.42. The number of hydrogen-bond acceptors (Lipinski definition) is 4. The quantitative estimate of drug-likeness (QED) is 0.899. The molecule has 4 nitrogen and oxygen atoms in total. The Labute approximate surface area is 121 Å². The first-order chi connectivity index (χ1) is 9.43. The summed E-state index contributed by atoms with van der Waals surface area (Å²) in [6, 6.07) is 8.14. The molecule has 20 heavy (non-hydrogen) atoms. The summed E-state index contributed by atoms with van der Waals surface area (Å²) >= 11 is 0. The van der Waals surface area contributed by atoms with Crippen molar-refractivity contribution >= 4 is 9.84 Å². The molecule has 0 fully saturated rings. The third-order valence-electron chi connectivity index (χ3n) is 4.17. The van der Waals surface area contributed by atoms with Gasteiger partial charge in [-0.1, -0.05) is 24.3 Å². The molecule has 1 N–H and O–H groups in total. The Morgan fingerprint density at radius 1 is 1.40 bits per heavy atom. The van der Waals surface area contributed by atoms with Gasteiger partial charge in [-0.05, 0) is 37.9 Å². The molecule has 0 aliphatic carbocycles. The van der Waals surface area contributed by atoms with Crippen LogP contribution in [0.1, 0.15) is 30.6 Å². The molecule has 1 aliphatic rings. The highest BCUT2D eigenvalue weighted by Crippen LogP contribution is 2.31. The van der Waals surface area contributed by atoms with Crippen LogP contribution in [0.4, 0.5) is 0 Å². The Bertz CT molecular complexity index is 556. The van der Waals surface area contributed by atoms with Crippen molar-refractivity contribution < 1.29 is 13.2 Å². The molecular weight excluding hydrogens is 274 g/mol. The van der Waals surface area contributed by atoms with Gasteiger partial charge >= 0.3 is 0 Å². The van der Waals surface area contributed by atoms with Crippen LogP contribution in [0.25, 0.3) is 0 Å². The van der Waals surface area contributed by atoms with Gasteiger partial charge in [0.2, 0.25) is 0 Å². The highest BCUT2D eigenvalue weighted by Gasteiger charge is 2.30. The van der Waals surface area contributed by atoms with Crippen molar-refractivity contribution in [1.82, 2.24) is 5.32 Å². The van der Waals surface area contributed by atoms with Gasteiger partial charge in [0.25, 0.3) is 0 Å². The van der Waals surface area contributed by atoms with Crippen LogP contribution < -0.4 is 5.32 Å². The van der Waals surface area contributed by atoms with Gasteiger partial charge in [-0.2, -0.15) is 0 Å². The maximum atomic E-state index is 11.7. The summed E-state index contributed by atoms with van der Waals surface area (Å²) in [5, 5.41) is 2.70. The van der Waals surface area contributed by atoms with E-state index in [2.05, 4.69) is 17.4 Å². The third kappa shape index (κ3) is 3.40. The van der Waals surface area contributed by atoms with Crippen LogP contribution in [0.3, 0.4) is 0 Å². The minimum Gasteiger partial charge on any atom is -0.373 e. The lowest BCUT2D eigenvalue weighted by Gasteiger charge is -2.31. The van der Waals surface area contributed by atoms with Crippen molar-refractivity contribution in [2.45, 2.75) is 37.2 Å². The van der Waals surface area contributed by atoms with Gasteiger partial charge in [-0.25, -0.2) is 8.42 Å². The fourth-order valence-corrected chi connectivity index (χ4v) is 3.59. The summed E-state index contributed by atoms with van der Waals surface area (Å²) < 4.78 is 29.3. The van der Waals surface area contributed by atoms with E-state index in [9.17, 15) is 8.42 Å². The molecule has 3 atom stereocenters. The van der Waals surface area contributed by atoms with Crippen LogP contribution in [-0.4, -0.2) is 39.6 Å². The molecular formula is C15H23NO3S. The zero-order valence-electron chi connectivity index (χ0n) is 12.3. The maximum absolute atomic E-state index is 11.7. The van der Waals surface area contributed by atoms with Gasteiger partial charge in [0.05, 0.1) is 18.0 Å². The summed E-state index contributed by atoms with van der Waals surface area (Å²) in [5.74, 6) is 0. The Hall–Kier alpha value is -0.910. The van der Waals surface area contributed by atoms with E-state index in [-0.39, 0.29) is 12.1 Å². The number of fused-ring (bicyclic) bond motifs is 1. The predicted octanol–water partition coefficient (Wildman–Crippen LogP) is 1.71. The van der Waals surface area contributed by atoms with E-state index in [4.69, 9.17) is 4.74 Å². The Balaban J connectivity index is 2.17. The number of nitrogens with one attached hydrogen (secondary N) is 1. The molecule has 0 spiro atoms. The summed E-state index contributed by atoms with van der Waals surface area (Å²) in [6.45, 7) is 2.45. The Morgan fingerprint density at radius 2 is 2.10 bits per heavy atom.